The Morgan fingerprint density at radius 3 is 2.41 bits per heavy atom. The van der Waals surface area contributed by atoms with E-state index in [1.807, 2.05) is 0 Å². The second kappa shape index (κ2) is 7.31. The van der Waals surface area contributed by atoms with Crippen LogP contribution in [0.25, 0.3) is 10.9 Å². The number of rotatable bonds is 3. The van der Waals surface area contributed by atoms with Crippen LogP contribution in [0.4, 0.5) is 20.2 Å². The summed E-state index contributed by atoms with van der Waals surface area (Å²) < 4.78 is 27.0. The molecule has 6 heteroatoms. The Labute approximate surface area is 155 Å². The number of hydrogen-bond donors (Lipinski definition) is 1. The van der Waals surface area contributed by atoms with Crippen molar-refractivity contribution >= 4 is 28.2 Å². The molecule has 0 bridgehead atoms. The van der Waals surface area contributed by atoms with Gasteiger partial charge in [-0.2, -0.15) is 0 Å². The molecule has 4 nitrogen and oxygen atoms in total. The van der Waals surface area contributed by atoms with Crippen molar-refractivity contribution in [3.63, 3.8) is 0 Å². The summed E-state index contributed by atoms with van der Waals surface area (Å²) in [6.07, 6.45) is 4.73. The van der Waals surface area contributed by atoms with Crippen LogP contribution >= 0.6 is 0 Å². The number of halogens is 2. The standard InChI is InChI=1S/C21H19F2N3O/c22-14-4-7-16(8-5-14)25-21(27)18-13-24-19-9-6-15(23)12-17(19)20(18)26-10-2-1-3-11-26/h4-9,12-13H,1-3,10-11H2,(H,25,27). The third-order valence-electron chi connectivity index (χ3n) is 4.82. The predicted octanol–water partition coefficient (Wildman–Crippen LogP) is 4.76. The van der Waals surface area contributed by atoms with E-state index in [-0.39, 0.29) is 17.5 Å². The number of amides is 1. The highest BCUT2D eigenvalue weighted by Crippen LogP contribution is 2.32. The van der Waals surface area contributed by atoms with E-state index in [0.29, 0.717) is 27.8 Å². The summed E-state index contributed by atoms with van der Waals surface area (Å²) in [4.78, 5) is 19.4. The molecule has 1 N–H and O–H groups in total. The zero-order valence-electron chi connectivity index (χ0n) is 14.7. The zero-order valence-corrected chi connectivity index (χ0v) is 14.7. The van der Waals surface area contributed by atoms with Gasteiger partial charge in [0.1, 0.15) is 11.6 Å². The van der Waals surface area contributed by atoms with Crippen LogP contribution in [0.2, 0.25) is 0 Å². The molecule has 3 aromatic rings. The number of aromatic nitrogens is 1. The quantitative estimate of drug-likeness (QED) is 0.726. The van der Waals surface area contributed by atoms with Crippen LogP contribution in [0, 0.1) is 11.6 Å². The van der Waals surface area contributed by atoms with Crippen LogP contribution in [-0.4, -0.2) is 24.0 Å². The number of fused-ring (bicyclic) bond motifs is 1. The minimum absolute atomic E-state index is 0.346. The molecule has 0 radical (unpaired) electrons. The van der Waals surface area contributed by atoms with Gasteiger partial charge in [0.15, 0.2) is 0 Å². The molecule has 1 amide bonds. The van der Waals surface area contributed by atoms with Gasteiger partial charge >= 0.3 is 0 Å². The Bertz CT molecular complexity index is 983. The van der Waals surface area contributed by atoms with E-state index in [0.717, 1.165) is 32.4 Å². The Morgan fingerprint density at radius 1 is 0.963 bits per heavy atom. The Morgan fingerprint density at radius 2 is 1.67 bits per heavy atom. The van der Waals surface area contributed by atoms with E-state index in [2.05, 4.69) is 15.2 Å². The van der Waals surface area contributed by atoms with E-state index >= 15 is 0 Å². The summed E-state index contributed by atoms with van der Waals surface area (Å²) in [5, 5.41) is 3.41. The zero-order chi connectivity index (χ0) is 18.8. The molecule has 1 aliphatic heterocycles. The van der Waals surface area contributed by atoms with Crippen LogP contribution in [0.15, 0.2) is 48.7 Å². The van der Waals surface area contributed by atoms with E-state index in [4.69, 9.17) is 0 Å². The first-order valence-electron chi connectivity index (χ1n) is 9.02. The lowest BCUT2D eigenvalue weighted by molar-refractivity contribution is 0.102. The molecule has 0 saturated carbocycles. The number of pyridine rings is 1. The molecule has 2 aromatic carbocycles. The number of anilines is 2. The molecule has 1 aliphatic rings. The first-order chi connectivity index (χ1) is 13.1. The fourth-order valence-electron chi connectivity index (χ4n) is 3.51. The van der Waals surface area contributed by atoms with E-state index in [1.54, 1.807) is 6.07 Å². The number of nitrogens with zero attached hydrogens (tertiary/aromatic N) is 2. The van der Waals surface area contributed by atoms with Crippen molar-refractivity contribution in [1.29, 1.82) is 0 Å². The maximum absolute atomic E-state index is 13.9. The fourth-order valence-corrected chi connectivity index (χ4v) is 3.51. The van der Waals surface area contributed by atoms with Crippen LogP contribution in [0.1, 0.15) is 29.6 Å². The molecule has 0 aliphatic carbocycles. The van der Waals surface area contributed by atoms with Gasteiger partial charge in [0.05, 0.1) is 16.8 Å². The molecule has 0 unspecified atom stereocenters. The third-order valence-corrected chi connectivity index (χ3v) is 4.82. The van der Waals surface area contributed by atoms with Crippen molar-refractivity contribution in [2.24, 2.45) is 0 Å². The molecular weight excluding hydrogens is 348 g/mol. The second-order valence-corrected chi connectivity index (χ2v) is 6.69. The van der Waals surface area contributed by atoms with Gasteiger partial charge in [-0.3, -0.25) is 9.78 Å². The van der Waals surface area contributed by atoms with E-state index < -0.39 is 0 Å². The number of nitrogens with one attached hydrogen (secondary N) is 1. The summed E-state index contributed by atoms with van der Waals surface area (Å²) in [5.74, 6) is -1.08. The predicted molar refractivity (Wildman–Crippen MR) is 102 cm³/mol. The topological polar surface area (TPSA) is 45.2 Å². The van der Waals surface area contributed by atoms with E-state index in [9.17, 15) is 13.6 Å². The minimum atomic E-state index is -0.371. The smallest absolute Gasteiger partial charge is 0.259 e. The number of carbonyl (C=O) groups is 1. The van der Waals surface area contributed by atoms with Gasteiger partial charge in [-0.15, -0.1) is 0 Å². The highest BCUT2D eigenvalue weighted by molar-refractivity contribution is 6.12. The average molecular weight is 367 g/mol. The molecule has 1 saturated heterocycles. The number of piperidine rings is 1. The van der Waals surface area contributed by atoms with Gasteiger partial charge in [-0.05, 0) is 61.7 Å². The monoisotopic (exact) mass is 367 g/mol. The largest absolute Gasteiger partial charge is 0.370 e. The average Bonchev–Trinajstić information content (AvgIpc) is 2.69. The maximum Gasteiger partial charge on any atom is 0.259 e. The Balaban J connectivity index is 1.78. The highest BCUT2D eigenvalue weighted by atomic mass is 19.1. The van der Waals surface area contributed by atoms with Crippen molar-refractivity contribution < 1.29 is 13.6 Å². The molecule has 2 heterocycles. The van der Waals surface area contributed by atoms with E-state index in [1.165, 1.54) is 42.6 Å². The summed E-state index contributed by atoms with van der Waals surface area (Å²) in [5.41, 5.74) is 2.23. The first-order valence-corrected chi connectivity index (χ1v) is 9.02. The van der Waals surface area contributed by atoms with Crippen molar-refractivity contribution in [2.45, 2.75) is 19.3 Å². The first kappa shape index (κ1) is 17.4. The van der Waals surface area contributed by atoms with Gasteiger partial charge in [-0.25, -0.2) is 8.78 Å². The molecular formula is C21H19F2N3O. The minimum Gasteiger partial charge on any atom is -0.370 e. The maximum atomic E-state index is 13.9. The third kappa shape index (κ3) is 3.60. The lowest BCUT2D eigenvalue weighted by atomic mass is 10.0. The molecule has 0 atom stereocenters. The molecule has 1 fully saturated rings. The summed E-state index contributed by atoms with van der Waals surface area (Å²) in [6.45, 7) is 1.62. The van der Waals surface area contributed by atoms with Crippen molar-refractivity contribution in [3.8, 4) is 0 Å². The fraction of sp³-hybridized carbons (Fsp3) is 0.238. The second-order valence-electron chi connectivity index (χ2n) is 6.69. The molecule has 27 heavy (non-hydrogen) atoms. The number of benzene rings is 2. The lowest BCUT2D eigenvalue weighted by Crippen LogP contribution is -2.31. The van der Waals surface area contributed by atoms with Crippen LogP contribution < -0.4 is 10.2 Å². The van der Waals surface area contributed by atoms with Crippen LogP contribution in [0.3, 0.4) is 0 Å². The van der Waals surface area contributed by atoms with Crippen molar-refractivity contribution in [2.75, 3.05) is 23.3 Å². The van der Waals surface area contributed by atoms with Gasteiger partial charge < -0.3 is 10.2 Å². The van der Waals surface area contributed by atoms with Crippen molar-refractivity contribution in [3.05, 3.63) is 65.9 Å². The SMILES string of the molecule is O=C(Nc1ccc(F)cc1)c1cnc2ccc(F)cc2c1N1CCCCC1. The van der Waals surface area contributed by atoms with Gasteiger partial charge in [0, 0.05) is 30.4 Å². The summed E-state index contributed by atoms with van der Waals surface area (Å²) >= 11 is 0. The van der Waals surface area contributed by atoms with Crippen LogP contribution in [0.5, 0.6) is 0 Å². The van der Waals surface area contributed by atoms with Gasteiger partial charge in [-0.1, -0.05) is 0 Å². The Kier molecular flexibility index (Phi) is 4.71. The number of carbonyl (C=O) groups excluding carboxylic acids is 1. The lowest BCUT2D eigenvalue weighted by Gasteiger charge is -2.31. The molecule has 138 valence electrons. The summed E-state index contributed by atoms with van der Waals surface area (Å²) in [7, 11) is 0. The Hall–Kier alpha value is -3.02. The normalized spacial score (nSPS) is 14.4. The van der Waals surface area contributed by atoms with Crippen LogP contribution in [-0.2, 0) is 0 Å². The molecule has 1 aromatic heterocycles. The van der Waals surface area contributed by atoms with Gasteiger partial charge in [0.25, 0.3) is 5.91 Å². The van der Waals surface area contributed by atoms with Crippen molar-refractivity contribution in [1.82, 2.24) is 4.98 Å². The highest BCUT2D eigenvalue weighted by Gasteiger charge is 2.22. The van der Waals surface area contributed by atoms with Gasteiger partial charge in [0.2, 0.25) is 0 Å². The molecule has 4 rings (SSSR count). The summed E-state index contributed by atoms with van der Waals surface area (Å²) in [6, 6.07) is 10.0. The number of hydrogen-bond acceptors (Lipinski definition) is 3. The molecule has 0 spiro atoms.